The Hall–Kier alpha value is -2.62. The lowest BCUT2D eigenvalue weighted by Gasteiger charge is -2.22. The molecule has 25 heavy (non-hydrogen) atoms. The molecule has 132 valence electrons. The molecule has 0 unspecified atom stereocenters. The molecule has 0 N–H and O–H groups in total. The minimum absolute atomic E-state index is 0.380. The van der Waals surface area contributed by atoms with E-state index in [1.54, 1.807) is 13.8 Å². The standard InChI is InChI=1S/C21H24O4/c1-13(2)20(22)24-18-9-6-16(7-10-18)17-8-11-19(15(5)12-17)25-21(23)14(3)4/h6,9,12H,1,3,7-8,10-11H2,2,4-5H3. The number of hydrogen-bond donors (Lipinski definition) is 0. The summed E-state index contributed by atoms with van der Waals surface area (Å²) < 4.78 is 10.7. The summed E-state index contributed by atoms with van der Waals surface area (Å²) in [7, 11) is 0. The average Bonchev–Trinajstić information content (AvgIpc) is 2.57. The Balaban J connectivity index is 2.09. The highest BCUT2D eigenvalue weighted by molar-refractivity contribution is 5.88. The third-order valence-electron chi connectivity index (χ3n) is 4.11. The zero-order valence-corrected chi connectivity index (χ0v) is 15.1. The molecule has 0 radical (unpaired) electrons. The van der Waals surface area contributed by atoms with E-state index in [2.05, 4.69) is 19.2 Å². The number of hydrogen-bond acceptors (Lipinski definition) is 4. The number of carbonyl (C=O) groups is 2. The molecule has 0 fully saturated rings. The lowest BCUT2D eigenvalue weighted by molar-refractivity contribution is -0.136. The molecule has 0 heterocycles. The van der Waals surface area contributed by atoms with Gasteiger partial charge in [0.2, 0.25) is 0 Å². The van der Waals surface area contributed by atoms with Crippen molar-refractivity contribution >= 4 is 11.9 Å². The minimum Gasteiger partial charge on any atom is -0.428 e. The van der Waals surface area contributed by atoms with E-state index >= 15 is 0 Å². The Morgan fingerprint density at radius 2 is 1.48 bits per heavy atom. The molecule has 0 bridgehead atoms. The van der Waals surface area contributed by atoms with E-state index in [1.807, 2.05) is 19.1 Å². The van der Waals surface area contributed by atoms with E-state index in [1.165, 1.54) is 11.1 Å². The Morgan fingerprint density at radius 3 is 2.00 bits per heavy atom. The van der Waals surface area contributed by atoms with Crippen LogP contribution in [0.3, 0.4) is 0 Å². The van der Waals surface area contributed by atoms with Crippen molar-refractivity contribution in [3.63, 3.8) is 0 Å². The second-order valence-corrected chi connectivity index (χ2v) is 6.44. The molecule has 4 heteroatoms. The smallest absolute Gasteiger partial charge is 0.338 e. The van der Waals surface area contributed by atoms with Crippen molar-refractivity contribution < 1.29 is 19.1 Å². The van der Waals surface area contributed by atoms with Gasteiger partial charge in [0, 0.05) is 24.0 Å². The van der Waals surface area contributed by atoms with Gasteiger partial charge in [0.1, 0.15) is 11.5 Å². The Labute approximate surface area is 148 Å². The van der Waals surface area contributed by atoms with Crippen LogP contribution < -0.4 is 0 Å². The zero-order valence-electron chi connectivity index (χ0n) is 15.1. The maximum atomic E-state index is 11.7. The predicted octanol–water partition coefficient (Wildman–Crippen LogP) is 4.82. The van der Waals surface area contributed by atoms with Gasteiger partial charge in [0.05, 0.1) is 0 Å². The molecule has 0 aromatic heterocycles. The highest BCUT2D eigenvalue weighted by Crippen LogP contribution is 2.33. The van der Waals surface area contributed by atoms with Crippen molar-refractivity contribution in [2.45, 2.75) is 46.5 Å². The van der Waals surface area contributed by atoms with Gasteiger partial charge in [-0.1, -0.05) is 25.3 Å². The maximum absolute atomic E-state index is 11.7. The fraction of sp³-hybridized carbons (Fsp3) is 0.333. The molecule has 2 rings (SSSR count). The lowest BCUT2D eigenvalue weighted by atomic mass is 9.88. The Kier molecular flexibility index (Phi) is 5.97. The van der Waals surface area contributed by atoms with Crippen molar-refractivity contribution in [3.8, 4) is 0 Å². The molecule has 2 aliphatic carbocycles. The predicted molar refractivity (Wildman–Crippen MR) is 97.2 cm³/mol. The van der Waals surface area contributed by atoms with Crippen LogP contribution in [-0.4, -0.2) is 11.9 Å². The largest absolute Gasteiger partial charge is 0.428 e. The summed E-state index contributed by atoms with van der Waals surface area (Å²) in [5.41, 5.74) is 4.20. The number of carbonyl (C=O) groups excluding carboxylic acids is 2. The van der Waals surface area contributed by atoms with E-state index in [0.717, 1.165) is 18.4 Å². The van der Waals surface area contributed by atoms with Gasteiger partial charge in [-0.15, -0.1) is 0 Å². The minimum atomic E-state index is -0.386. The molecule has 0 aliphatic heterocycles. The molecule has 0 amide bonds. The number of ether oxygens (including phenoxy) is 2. The molecule has 0 aromatic carbocycles. The van der Waals surface area contributed by atoms with Crippen LogP contribution in [0.5, 0.6) is 0 Å². The SMILES string of the molecule is C=C(C)C(=O)OC1=CC=C(C2=CC(C)=C(OC(=O)C(=C)C)CC2)CC1. The van der Waals surface area contributed by atoms with Gasteiger partial charge in [-0.05, 0) is 56.4 Å². The normalized spacial score (nSPS) is 17.2. The Morgan fingerprint density at radius 1 is 0.880 bits per heavy atom. The van der Waals surface area contributed by atoms with Gasteiger partial charge in [0.15, 0.2) is 0 Å². The second-order valence-electron chi connectivity index (χ2n) is 6.44. The molecule has 0 saturated carbocycles. The first-order chi connectivity index (χ1) is 11.8. The van der Waals surface area contributed by atoms with Gasteiger partial charge in [-0.25, -0.2) is 9.59 Å². The van der Waals surface area contributed by atoms with Gasteiger partial charge < -0.3 is 9.47 Å². The van der Waals surface area contributed by atoms with E-state index in [-0.39, 0.29) is 11.9 Å². The van der Waals surface area contributed by atoms with Crippen LogP contribution in [0, 0.1) is 0 Å². The van der Waals surface area contributed by atoms with Crippen LogP contribution in [0.1, 0.15) is 46.5 Å². The van der Waals surface area contributed by atoms with E-state index in [4.69, 9.17) is 9.47 Å². The molecule has 0 spiro atoms. The van der Waals surface area contributed by atoms with Crippen LogP contribution in [0.2, 0.25) is 0 Å². The van der Waals surface area contributed by atoms with Crippen molar-refractivity contribution in [1.82, 2.24) is 0 Å². The summed E-state index contributed by atoms with van der Waals surface area (Å²) in [5, 5.41) is 0. The first-order valence-corrected chi connectivity index (χ1v) is 8.33. The first kappa shape index (κ1) is 18.7. The lowest BCUT2D eigenvalue weighted by Crippen LogP contribution is -2.11. The average molecular weight is 340 g/mol. The van der Waals surface area contributed by atoms with Crippen LogP contribution >= 0.6 is 0 Å². The third kappa shape index (κ3) is 4.92. The van der Waals surface area contributed by atoms with E-state index < -0.39 is 0 Å². The highest BCUT2D eigenvalue weighted by Gasteiger charge is 2.19. The number of esters is 2. The topological polar surface area (TPSA) is 52.6 Å². The van der Waals surface area contributed by atoms with Gasteiger partial charge >= 0.3 is 11.9 Å². The Bertz CT molecular complexity index is 757. The zero-order chi connectivity index (χ0) is 18.6. The molecule has 0 saturated heterocycles. The van der Waals surface area contributed by atoms with Crippen LogP contribution in [0.25, 0.3) is 0 Å². The fourth-order valence-corrected chi connectivity index (χ4v) is 2.62. The van der Waals surface area contributed by atoms with Crippen LogP contribution in [-0.2, 0) is 19.1 Å². The first-order valence-electron chi connectivity index (χ1n) is 8.33. The summed E-state index contributed by atoms with van der Waals surface area (Å²) in [6.45, 7) is 12.4. The van der Waals surface area contributed by atoms with Crippen molar-refractivity contribution in [3.05, 3.63) is 70.8 Å². The highest BCUT2D eigenvalue weighted by atomic mass is 16.5. The monoisotopic (exact) mass is 340 g/mol. The van der Waals surface area contributed by atoms with Crippen molar-refractivity contribution in [2.75, 3.05) is 0 Å². The summed E-state index contributed by atoms with van der Waals surface area (Å²) in [5.74, 6) is 0.606. The fourth-order valence-electron chi connectivity index (χ4n) is 2.62. The number of allylic oxidation sites excluding steroid dienone is 8. The van der Waals surface area contributed by atoms with Gasteiger partial charge in [0.25, 0.3) is 0 Å². The quantitative estimate of drug-likeness (QED) is 0.532. The summed E-state index contributed by atoms with van der Waals surface area (Å²) >= 11 is 0. The van der Waals surface area contributed by atoms with E-state index in [9.17, 15) is 9.59 Å². The molecule has 2 aliphatic rings. The molecular formula is C21H24O4. The number of rotatable bonds is 5. The van der Waals surface area contributed by atoms with Crippen LogP contribution in [0.15, 0.2) is 70.8 Å². The van der Waals surface area contributed by atoms with E-state index in [0.29, 0.717) is 35.5 Å². The second kappa shape index (κ2) is 7.97. The summed E-state index contributed by atoms with van der Waals surface area (Å²) in [4.78, 5) is 23.2. The van der Waals surface area contributed by atoms with Gasteiger partial charge in [-0.3, -0.25) is 0 Å². The summed E-state index contributed by atoms with van der Waals surface area (Å²) in [6, 6.07) is 0. The maximum Gasteiger partial charge on any atom is 0.338 e. The van der Waals surface area contributed by atoms with Crippen LogP contribution in [0.4, 0.5) is 0 Å². The van der Waals surface area contributed by atoms with Gasteiger partial charge in [-0.2, -0.15) is 0 Å². The molecular weight excluding hydrogens is 316 g/mol. The van der Waals surface area contributed by atoms with Crippen molar-refractivity contribution in [2.24, 2.45) is 0 Å². The van der Waals surface area contributed by atoms with Crippen molar-refractivity contribution in [1.29, 1.82) is 0 Å². The summed E-state index contributed by atoms with van der Waals surface area (Å²) in [6.07, 6.45) is 8.91. The molecule has 0 aromatic rings. The molecule has 4 nitrogen and oxygen atoms in total. The third-order valence-corrected chi connectivity index (χ3v) is 4.11. The molecule has 0 atom stereocenters.